The molecule has 0 aliphatic carbocycles. The summed E-state index contributed by atoms with van der Waals surface area (Å²) in [4.78, 5) is 11.3. The lowest BCUT2D eigenvalue weighted by Crippen LogP contribution is -2.50. The van der Waals surface area contributed by atoms with E-state index in [1.165, 1.54) is 0 Å². The van der Waals surface area contributed by atoms with Crippen LogP contribution in [0.25, 0.3) is 0 Å². The summed E-state index contributed by atoms with van der Waals surface area (Å²) in [6.07, 6.45) is 1.13. The largest absolute Gasteiger partial charge is 0.465 e. The summed E-state index contributed by atoms with van der Waals surface area (Å²) in [6, 6.07) is 1.11. The Labute approximate surface area is 86.4 Å². The van der Waals surface area contributed by atoms with E-state index in [2.05, 4.69) is 11.1 Å². The number of carbonyl (C=O) groups is 1. The Hall–Kier alpha value is -0.393. The van der Waals surface area contributed by atoms with Gasteiger partial charge in [0.15, 0.2) is 0 Å². The molecule has 82 valence electrons. The molecule has 5 heteroatoms. The van der Waals surface area contributed by atoms with Crippen molar-refractivity contribution in [2.24, 2.45) is 0 Å². The summed E-state index contributed by atoms with van der Waals surface area (Å²) < 4.78 is 12.6. The molecule has 1 unspecified atom stereocenters. The van der Waals surface area contributed by atoms with Crippen LogP contribution in [0.1, 0.15) is 13.3 Å². The molecule has 0 aromatic rings. The Bertz CT molecular complexity index is 212. The zero-order valence-electron chi connectivity index (χ0n) is 9.21. The molecule has 0 aromatic carbocycles. The number of hydrogen-bond donors (Lipinski definition) is 0. The van der Waals surface area contributed by atoms with Crippen molar-refractivity contribution in [3.63, 3.8) is 0 Å². The predicted molar refractivity (Wildman–Crippen MR) is 56.3 cm³/mol. The Balaban J connectivity index is 2.47. The molecule has 14 heavy (non-hydrogen) atoms. The number of hydrogen-bond acceptors (Lipinski definition) is 4. The van der Waals surface area contributed by atoms with Crippen LogP contribution in [-0.2, 0) is 14.0 Å². The number of rotatable bonds is 4. The minimum Gasteiger partial charge on any atom is -0.465 e. The Morgan fingerprint density at radius 2 is 2.29 bits per heavy atom. The Morgan fingerprint density at radius 1 is 1.57 bits per heavy atom. The van der Waals surface area contributed by atoms with Crippen LogP contribution in [0.15, 0.2) is 0 Å². The summed E-state index contributed by atoms with van der Waals surface area (Å²) in [6.45, 7) is 5.80. The van der Waals surface area contributed by atoms with E-state index in [1.54, 1.807) is 7.11 Å². The average Bonchev–Trinajstić information content (AvgIpc) is 2.49. The van der Waals surface area contributed by atoms with Gasteiger partial charge in [0.25, 0.3) is 8.48 Å². The molecular weight excluding hydrogens is 198 g/mol. The smallest absolute Gasteiger partial charge is 0.319 e. The minimum atomic E-state index is -1.75. The third-order valence-electron chi connectivity index (χ3n) is 2.80. The summed E-state index contributed by atoms with van der Waals surface area (Å²) in [7, 11) is -0.00319. The van der Waals surface area contributed by atoms with Crippen LogP contribution in [0.5, 0.6) is 0 Å². The molecule has 0 spiro atoms. The van der Waals surface area contributed by atoms with E-state index in [-0.39, 0.29) is 5.97 Å². The fraction of sp³-hybridized carbons (Fsp3) is 0.889. The van der Waals surface area contributed by atoms with E-state index in [1.807, 2.05) is 6.92 Å². The van der Waals surface area contributed by atoms with Crippen LogP contribution in [0.2, 0.25) is 12.6 Å². The molecule has 0 aromatic heterocycles. The van der Waals surface area contributed by atoms with Gasteiger partial charge in [-0.25, -0.2) is 0 Å². The van der Waals surface area contributed by atoms with Crippen molar-refractivity contribution in [1.29, 1.82) is 0 Å². The molecule has 0 N–H and O–H groups in total. The maximum atomic E-state index is 11.3. The normalized spacial score (nSPS) is 27.9. The van der Waals surface area contributed by atoms with Gasteiger partial charge >= 0.3 is 5.97 Å². The van der Waals surface area contributed by atoms with Gasteiger partial charge in [-0.1, -0.05) is 0 Å². The van der Waals surface area contributed by atoms with Crippen molar-refractivity contribution in [2.75, 3.05) is 26.8 Å². The highest BCUT2D eigenvalue weighted by Gasteiger charge is 2.41. The van der Waals surface area contributed by atoms with Crippen LogP contribution in [0.3, 0.4) is 0 Å². The first-order valence-corrected chi connectivity index (χ1v) is 7.64. The Kier molecular flexibility index (Phi) is 4.09. The van der Waals surface area contributed by atoms with Crippen molar-refractivity contribution in [1.82, 2.24) is 4.57 Å². The van der Waals surface area contributed by atoms with Gasteiger partial charge in [-0.2, -0.15) is 0 Å². The summed E-state index contributed by atoms with van der Waals surface area (Å²) in [5.41, 5.74) is 0. The van der Waals surface area contributed by atoms with Gasteiger partial charge in [-0.3, -0.25) is 9.36 Å². The van der Waals surface area contributed by atoms with Gasteiger partial charge in [-0.05, 0) is 32.5 Å². The van der Waals surface area contributed by atoms with Gasteiger partial charge in [0, 0.05) is 7.11 Å². The zero-order valence-corrected chi connectivity index (χ0v) is 10.2. The second-order valence-corrected chi connectivity index (χ2v) is 7.60. The van der Waals surface area contributed by atoms with Gasteiger partial charge in [0.05, 0.1) is 13.2 Å². The second-order valence-electron chi connectivity index (χ2n) is 3.71. The maximum Gasteiger partial charge on any atom is 0.319 e. The fourth-order valence-electron chi connectivity index (χ4n) is 1.83. The first kappa shape index (κ1) is 11.7. The van der Waals surface area contributed by atoms with Crippen molar-refractivity contribution in [3.05, 3.63) is 0 Å². The third-order valence-corrected chi connectivity index (χ3v) is 6.68. The van der Waals surface area contributed by atoms with Crippen molar-refractivity contribution in [2.45, 2.75) is 25.9 Å². The molecule has 0 bridgehead atoms. The molecule has 1 fully saturated rings. The van der Waals surface area contributed by atoms with Gasteiger partial charge < -0.3 is 9.16 Å². The lowest BCUT2D eigenvalue weighted by molar-refractivity contribution is -0.143. The second kappa shape index (κ2) is 4.91. The van der Waals surface area contributed by atoms with E-state index >= 15 is 0 Å². The molecule has 0 saturated carbocycles. The molecular formula is C9H19NO3Si. The van der Waals surface area contributed by atoms with Crippen LogP contribution in [-0.4, -0.2) is 45.8 Å². The molecule has 0 amide bonds. The standard InChI is InChI=1S/C9H19NO3Si/c1-4-13-9(11)8-10-6-5-7-14(10,3)12-2/h4-8H2,1-3H3. The van der Waals surface area contributed by atoms with Gasteiger partial charge in [-0.15, -0.1) is 0 Å². The molecule has 1 rings (SSSR count). The Morgan fingerprint density at radius 3 is 2.86 bits per heavy atom. The van der Waals surface area contributed by atoms with Crippen molar-refractivity contribution in [3.8, 4) is 0 Å². The minimum absolute atomic E-state index is 0.134. The quantitative estimate of drug-likeness (QED) is 0.519. The topological polar surface area (TPSA) is 38.8 Å². The highest BCUT2D eigenvalue weighted by Crippen LogP contribution is 2.25. The molecule has 0 radical (unpaired) electrons. The number of nitrogens with zero attached hydrogens (tertiary/aromatic N) is 1. The van der Waals surface area contributed by atoms with Crippen molar-refractivity contribution >= 4 is 14.4 Å². The SMILES string of the molecule is CCOC(=O)CN1CCC[Si]1(C)OC. The van der Waals surface area contributed by atoms with E-state index < -0.39 is 8.48 Å². The highest BCUT2D eigenvalue weighted by molar-refractivity contribution is 6.70. The average molecular weight is 217 g/mol. The predicted octanol–water partition coefficient (Wildman–Crippen LogP) is 0.974. The lowest BCUT2D eigenvalue weighted by Gasteiger charge is -2.30. The molecule has 1 heterocycles. The van der Waals surface area contributed by atoms with E-state index in [0.717, 1.165) is 19.0 Å². The summed E-state index contributed by atoms with van der Waals surface area (Å²) >= 11 is 0. The molecule has 1 aliphatic heterocycles. The fourth-order valence-corrected chi connectivity index (χ4v) is 4.52. The monoisotopic (exact) mass is 217 g/mol. The third kappa shape index (κ3) is 2.56. The summed E-state index contributed by atoms with van der Waals surface area (Å²) in [5.74, 6) is -0.134. The van der Waals surface area contributed by atoms with Crippen LogP contribution in [0.4, 0.5) is 0 Å². The van der Waals surface area contributed by atoms with Crippen LogP contribution in [0, 0.1) is 0 Å². The number of esters is 1. The summed E-state index contributed by atoms with van der Waals surface area (Å²) in [5, 5.41) is 0. The van der Waals surface area contributed by atoms with E-state index in [4.69, 9.17) is 9.16 Å². The first-order valence-electron chi connectivity index (χ1n) is 5.08. The van der Waals surface area contributed by atoms with E-state index in [0.29, 0.717) is 13.2 Å². The van der Waals surface area contributed by atoms with Crippen LogP contribution >= 0.6 is 0 Å². The highest BCUT2D eigenvalue weighted by atomic mass is 28.4. The zero-order chi connectivity index (χ0) is 10.6. The molecule has 1 aliphatic rings. The maximum absolute atomic E-state index is 11.3. The number of ether oxygens (including phenoxy) is 1. The van der Waals surface area contributed by atoms with Gasteiger partial charge in [0.1, 0.15) is 0 Å². The van der Waals surface area contributed by atoms with Crippen LogP contribution < -0.4 is 0 Å². The number of carbonyl (C=O) groups excluding carboxylic acids is 1. The first-order chi connectivity index (χ1) is 6.62. The molecule has 1 saturated heterocycles. The van der Waals surface area contributed by atoms with E-state index in [9.17, 15) is 4.79 Å². The van der Waals surface area contributed by atoms with Crippen molar-refractivity contribution < 1.29 is 14.0 Å². The molecule has 1 atom stereocenters. The van der Waals surface area contributed by atoms with Gasteiger partial charge in [0.2, 0.25) is 0 Å². The molecule has 4 nitrogen and oxygen atoms in total. The lowest BCUT2D eigenvalue weighted by atomic mass is 10.5.